The molecule has 142 valence electrons. The van der Waals surface area contributed by atoms with Crippen molar-refractivity contribution in [3.8, 4) is 0 Å². The molecule has 0 fully saturated rings. The van der Waals surface area contributed by atoms with Gasteiger partial charge in [0.1, 0.15) is 0 Å². The number of rotatable bonds is 8. The average molecular weight is 408 g/mol. The molecular weight excluding hydrogens is 396 g/mol. The number of nitro groups is 1. The summed E-state index contributed by atoms with van der Waals surface area (Å²) in [5, 5.41) is 13.2. The van der Waals surface area contributed by atoms with Crippen LogP contribution in [0.3, 0.4) is 0 Å². The number of benzene rings is 1. The molecule has 0 saturated carbocycles. The van der Waals surface area contributed by atoms with Gasteiger partial charge in [-0.15, -0.1) is 0 Å². The standard InChI is InChI=1S/C8H12N2O9P2.Be.3FH/c11-10(12)8-3-1-2-7(6-8)9-4-5-18-21(16,17)19-20(13,14)15;;;;/h1-3,6,9H,4-5H2,(H,16,17)(H2,13,14,15);;3*1H/q;+2;;;/p-3. The van der Waals surface area contributed by atoms with Crippen molar-refractivity contribution in [1.29, 1.82) is 0 Å². The van der Waals surface area contributed by atoms with E-state index in [1.165, 1.54) is 24.3 Å². The third kappa shape index (κ3) is 13.6. The van der Waals surface area contributed by atoms with E-state index in [1.54, 1.807) is 0 Å². The predicted octanol–water partition coefficient (Wildman–Crippen LogP) is -8.14. The molecule has 0 heterocycles. The number of nitrogens with one attached hydrogen (secondary N) is 1. The molecule has 4 N–H and O–H groups in total. The molecule has 0 aromatic heterocycles. The summed E-state index contributed by atoms with van der Waals surface area (Å²) in [6.45, 7) is -0.466. The van der Waals surface area contributed by atoms with Crippen LogP contribution in [0.5, 0.6) is 0 Å². The quantitative estimate of drug-likeness (QED) is 0.107. The third-order valence-electron chi connectivity index (χ3n) is 1.95. The SMILES string of the molecule is O=[N+]([O-])c1cccc(NCCOP(=O)(O)OP(=O)(O)O)c1.[Be+2].[F-].[F-].[F-]. The molecular formula is C8H12BeF3N2O9P2-. The van der Waals surface area contributed by atoms with Crippen LogP contribution in [-0.2, 0) is 18.0 Å². The van der Waals surface area contributed by atoms with E-state index in [0.717, 1.165) is 0 Å². The zero-order valence-electron chi connectivity index (χ0n) is 12.2. The van der Waals surface area contributed by atoms with Crippen molar-refractivity contribution >= 4 is 37.1 Å². The number of nitrogens with zero attached hydrogens (tertiary/aromatic N) is 1. The number of anilines is 1. The third-order valence-corrected chi connectivity index (χ3v) is 4.14. The molecule has 0 aliphatic heterocycles. The largest absolute Gasteiger partial charge is 2.00 e. The van der Waals surface area contributed by atoms with Crippen LogP contribution >= 0.6 is 15.6 Å². The summed E-state index contributed by atoms with van der Waals surface area (Å²) in [4.78, 5) is 35.7. The molecule has 1 aromatic carbocycles. The summed E-state index contributed by atoms with van der Waals surface area (Å²) >= 11 is 0. The minimum absolute atomic E-state index is 0. The van der Waals surface area contributed by atoms with Gasteiger partial charge in [0.25, 0.3) is 5.69 Å². The Morgan fingerprint density at radius 2 is 1.72 bits per heavy atom. The van der Waals surface area contributed by atoms with Crippen molar-refractivity contribution < 1.29 is 51.7 Å². The van der Waals surface area contributed by atoms with Crippen LogP contribution in [0.4, 0.5) is 11.4 Å². The van der Waals surface area contributed by atoms with Crippen molar-refractivity contribution in [2.24, 2.45) is 0 Å². The van der Waals surface area contributed by atoms with Gasteiger partial charge >= 0.3 is 25.8 Å². The fraction of sp³-hybridized carbons (Fsp3) is 0.250. The summed E-state index contributed by atoms with van der Waals surface area (Å²) in [6.07, 6.45) is 0. The molecule has 0 aliphatic carbocycles. The van der Waals surface area contributed by atoms with Crippen molar-refractivity contribution in [2.75, 3.05) is 18.5 Å². The monoisotopic (exact) mass is 408 g/mol. The van der Waals surface area contributed by atoms with E-state index in [9.17, 15) is 19.2 Å². The molecule has 1 rings (SSSR count). The first kappa shape index (κ1) is 31.4. The molecule has 17 heteroatoms. The number of hydrogen-bond acceptors (Lipinski definition) is 7. The van der Waals surface area contributed by atoms with E-state index < -0.39 is 27.2 Å². The maximum absolute atomic E-state index is 11.1. The first-order valence-corrected chi connectivity index (χ1v) is 8.34. The Morgan fingerprint density at radius 3 is 2.20 bits per heavy atom. The van der Waals surface area contributed by atoms with Gasteiger partial charge in [0.15, 0.2) is 0 Å². The normalized spacial score (nSPS) is 12.1. The van der Waals surface area contributed by atoms with E-state index in [-0.39, 0.29) is 36.5 Å². The summed E-state index contributed by atoms with van der Waals surface area (Å²) in [7, 11) is -10.0. The van der Waals surface area contributed by atoms with E-state index in [1.807, 2.05) is 0 Å². The molecule has 1 atom stereocenters. The molecule has 0 aliphatic rings. The Morgan fingerprint density at radius 1 is 1.16 bits per heavy atom. The van der Waals surface area contributed by atoms with Crippen LogP contribution in [0.1, 0.15) is 0 Å². The van der Waals surface area contributed by atoms with Crippen molar-refractivity contribution in [2.45, 2.75) is 0 Å². The van der Waals surface area contributed by atoms with Crippen LogP contribution in [0.15, 0.2) is 24.3 Å². The topological polar surface area (TPSA) is 168 Å². The second kappa shape index (κ2) is 12.9. The van der Waals surface area contributed by atoms with Gasteiger partial charge in [-0.2, -0.15) is 4.31 Å². The Labute approximate surface area is 142 Å². The molecule has 0 spiro atoms. The van der Waals surface area contributed by atoms with Gasteiger partial charge in [-0.25, -0.2) is 9.13 Å². The van der Waals surface area contributed by atoms with Gasteiger partial charge in [0.05, 0.1) is 11.5 Å². The Balaban J connectivity index is -0.000000551. The summed E-state index contributed by atoms with van der Waals surface area (Å²) < 4.78 is 29.3. The fourth-order valence-electron chi connectivity index (χ4n) is 1.24. The zero-order valence-corrected chi connectivity index (χ0v) is 14.0. The molecule has 0 amide bonds. The molecule has 0 radical (unpaired) electrons. The van der Waals surface area contributed by atoms with Crippen LogP contribution in [0, 0.1) is 10.1 Å². The van der Waals surface area contributed by atoms with Crippen LogP contribution < -0.4 is 19.4 Å². The molecule has 11 nitrogen and oxygen atoms in total. The molecule has 0 saturated heterocycles. The molecule has 1 unspecified atom stereocenters. The number of hydrogen-bond donors (Lipinski definition) is 4. The molecule has 1 aromatic rings. The van der Waals surface area contributed by atoms with Crippen molar-refractivity contribution in [1.82, 2.24) is 0 Å². The van der Waals surface area contributed by atoms with Crippen LogP contribution in [-0.4, -0.2) is 42.9 Å². The minimum Gasteiger partial charge on any atom is -1.00 e. The van der Waals surface area contributed by atoms with Gasteiger partial charge in [0.2, 0.25) is 0 Å². The first-order chi connectivity index (χ1) is 9.59. The molecule has 0 bridgehead atoms. The summed E-state index contributed by atoms with van der Waals surface area (Å²) in [6, 6.07) is 5.50. The molecule has 25 heavy (non-hydrogen) atoms. The van der Waals surface area contributed by atoms with Gasteiger partial charge in [-0.05, 0) is 6.07 Å². The second-order valence-corrected chi connectivity index (χ2v) is 6.44. The average Bonchev–Trinajstić information content (AvgIpc) is 2.32. The maximum atomic E-state index is 11.1. The number of phosphoric ester groups is 1. The van der Waals surface area contributed by atoms with Crippen molar-refractivity contribution in [3.63, 3.8) is 0 Å². The van der Waals surface area contributed by atoms with Gasteiger partial charge in [-0.1, -0.05) is 6.07 Å². The fourth-order valence-corrected chi connectivity index (χ4v) is 2.83. The first-order valence-electron chi connectivity index (χ1n) is 5.32. The van der Waals surface area contributed by atoms with Crippen LogP contribution in [0.2, 0.25) is 0 Å². The van der Waals surface area contributed by atoms with E-state index >= 15 is 0 Å². The van der Waals surface area contributed by atoms with Crippen LogP contribution in [0.25, 0.3) is 0 Å². The smallest absolute Gasteiger partial charge is 1.00 e. The Kier molecular flexibility index (Phi) is 16.2. The maximum Gasteiger partial charge on any atom is 2.00 e. The number of nitro benzene ring substituents is 1. The number of phosphoric acid groups is 2. The van der Waals surface area contributed by atoms with E-state index in [2.05, 4.69) is 14.2 Å². The van der Waals surface area contributed by atoms with E-state index in [0.29, 0.717) is 5.69 Å². The predicted molar refractivity (Wildman–Crippen MR) is 76.2 cm³/mol. The van der Waals surface area contributed by atoms with Gasteiger partial charge in [0, 0.05) is 24.4 Å². The summed E-state index contributed by atoms with van der Waals surface area (Å²) in [5.74, 6) is 0. The second-order valence-electron chi connectivity index (χ2n) is 3.61. The van der Waals surface area contributed by atoms with Crippen molar-refractivity contribution in [3.05, 3.63) is 34.4 Å². The van der Waals surface area contributed by atoms with Gasteiger partial charge < -0.3 is 34.1 Å². The minimum atomic E-state index is -5.15. The number of halogens is 3. The van der Waals surface area contributed by atoms with E-state index in [4.69, 9.17) is 14.7 Å². The van der Waals surface area contributed by atoms with Gasteiger partial charge in [-0.3, -0.25) is 14.6 Å². The summed E-state index contributed by atoms with van der Waals surface area (Å²) in [5.41, 5.74) is 0.232. The number of non-ortho nitro benzene ring substituents is 1. The Bertz CT molecular complexity index is 620. The Hall–Kier alpha value is -1.36. The zero-order chi connectivity index (χ0) is 16.1.